The summed E-state index contributed by atoms with van der Waals surface area (Å²) < 4.78 is 27.4. The van der Waals surface area contributed by atoms with Crippen molar-refractivity contribution in [3.05, 3.63) is 82.1 Å². The summed E-state index contributed by atoms with van der Waals surface area (Å²) in [5, 5.41) is 0.735. The number of amides is 1. The molecule has 0 atom stereocenters. The second-order valence-electron chi connectivity index (χ2n) is 7.15. The molecule has 150 valence electrons. The smallest absolute Gasteiger partial charge is 0.236 e. The first kappa shape index (κ1) is 21.2. The fourth-order valence-corrected chi connectivity index (χ4v) is 3.55. The standard InChI is InChI=1S/C22H18Cl2F2N2O/c1-22(2,13-8-14(25)10-15(26)9-13)21(29)28(3)19-12-27-20(24)11-17(19)16-6-4-5-7-18(16)23/h4-12H,1-3H3. The fourth-order valence-electron chi connectivity index (χ4n) is 3.15. The zero-order chi connectivity index (χ0) is 21.3. The maximum Gasteiger partial charge on any atom is 0.236 e. The molecule has 0 bridgehead atoms. The molecule has 0 unspecified atom stereocenters. The molecule has 0 radical (unpaired) electrons. The molecule has 0 fully saturated rings. The highest BCUT2D eigenvalue weighted by molar-refractivity contribution is 6.34. The van der Waals surface area contributed by atoms with Crippen molar-refractivity contribution in [2.45, 2.75) is 19.3 Å². The van der Waals surface area contributed by atoms with Gasteiger partial charge in [-0.2, -0.15) is 0 Å². The number of carbonyl (C=O) groups excluding carboxylic acids is 1. The van der Waals surface area contributed by atoms with E-state index in [0.29, 0.717) is 21.8 Å². The summed E-state index contributed by atoms with van der Waals surface area (Å²) in [4.78, 5) is 18.8. The SMILES string of the molecule is CN(C(=O)C(C)(C)c1cc(F)cc(F)c1)c1cnc(Cl)cc1-c1ccccc1Cl. The van der Waals surface area contributed by atoms with Crippen LogP contribution in [0.3, 0.4) is 0 Å². The molecule has 29 heavy (non-hydrogen) atoms. The van der Waals surface area contributed by atoms with E-state index in [9.17, 15) is 13.6 Å². The average Bonchev–Trinajstić information content (AvgIpc) is 2.66. The van der Waals surface area contributed by atoms with E-state index < -0.39 is 17.0 Å². The Balaban J connectivity index is 2.07. The lowest BCUT2D eigenvalue weighted by atomic mass is 9.83. The van der Waals surface area contributed by atoms with Crippen LogP contribution in [0.1, 0.15) is 19.4 Å². The van der Waals surface area contributed by atoms with Gasteiger partial charge in [0, 0.05) is 29.3 Å². The molecule has 2 aromatic carbocycles. The molecule has 7 heteroatoms. The third-order valence-electron chi connectivity index (χ3n) is 4.80. The summed E-state index contributed by atoms with van der Waals surface area (Å²) in [5.41, 5.74) is 0.802. The molecule has 0 aliphatic rings. The van der Waals surface area contributed by atoms with Crippen LogP contribution in [0.15, 0.2) is 54.7 Å². The zero-order valence-electron chi connectivity index (χ0n) is 16.0. The van der Waals surface area contributed by atoms with Crippen molar-refractivity contribution in [3.63, 3.8) is 0 Å². The van der Waals surface area contributed by atoms with Gasteiger partial charge in [-0.15, -0.1) is 0 Å². The lowest BCUT2D eigenvalue weighted by molar-refractivity contribution is -0.122. The number of rotatable bonds is 4. The van der Waals surface area contributed by atoms with Gasteiger partial charge in [-0.05, 0) is 43.7 Å². The molecule has 0 aliphatic carbocycles. The van der Waals surface area contributed by atoms with Gasteiger partial charge in [0.2, 0.25) is 5.91 Å². The Kier molecular flexibility index (Phi) is 5.92. The Morgan fingerprint density at radius 1 is 1.00 bits per heavy atom. The highest BCUT2D eigenvalue weighted by Gasteiger charge is 2.34. The van der Waals surface area contributed by atoms with Gasteiger partial charge >= 0.3 is 0 Å². The van der Waals surface area contributed by atoms with Crippen LogP contribution in [0.2, 0.25) is 10.2 Å². The third-order valence-corrected chi connectivity index (χ3v) is 5.33. The molecule has 0 spiro atoms. The number of hydrogen-bond acceptors (Lipinski definition) is 2. The lowest BCUT2D eigenvalue weighted by Crippen LogP contribution is -2.42. The minimum atomic E-state index is -1.20. The van der Waals surface area contributed by atoms with Gasteiger partial charge in [0.15, 0.2) is 0 Å². The van der Waals surface area contributed by atoms with Crippen LogP contribution >= 0.6 is 23.2 Å². The molecule has 1 heterocycles. The Morgan fingerprint density at radius 3 is 2.24 bits per heavy atom. The van der Waals surface area contributed by atoms with E-state index in [2.05, 4.69) is 4.98 Å². The molecule has 1 aromatic heterocycles. The number of benzene rings is 2. The summed E-state index contributed by atoms with van der Waals surface area (Å²) in [6.45, 7) is 3.22. The number of carbonyl (C=O) groups is 1. The summed E-state index contributed by atoms with van der Waals surface area (Å²) in [7, 11) is 1.57. The van der Waals surface area contributed by atoms with E-state index in [-0.39, 0.29) is 16.6 Å². The van der Waals surface area contributed by atoms with Crippen molar-refractivity contribution in [1.82, 2.24) is 4.98 Å². The van der Waals surface area contributed by atoms with Gasteiger partial charge in [0.25, 0.3) is 0 Å². The Bertz CT molecular complexity index is 1070. The number of anilines is 1. The van der Waals surface area contributed by atoms with Gasteiger partial charge in [0.1, 0.15) is 16.8 Å². The van der Waals surface area contributed by atoms with E-state index >= 15 is 0 Å². The highest BCUT2D eigenvalue weighted by atomic mass is 35.5. The molecule has 3 rings (SSSR count). The number of pyridine rings is 1. The lowest BCUT2D eigenvalue weighted by Gasteiger charge is -2.31. The molecule has 3 nitrogen and oxygen atoms in total. The van der Waals surface area contributed by atoms with Crippen LogP contribution < -0.4 is 4.90 Å². The first-order chi connectivity index (χ1) is 13.6. The Morgan fingerprint density at radius 2 is 1.62 bits per heavy atom. The monoisotopic (exact) mass is 434 g/mol. The quantitative estimate of drug-likeness (QED) is 0.453. The van der Waals surface area contributed by atoms with E-state index in [0.717, 1.165) is 18.2 Å². The predicted octanol–water partition coefficient (Wildman–Crippen LogP) is 6.27. The van der Waals surface area contributed by atoms with Gasteiger partial charge in [-0.3, -0.25) is 4.79 Å². The Labute approximate surface area is 177 Å². The molecular formula is C22H18Cl2F2N2O. The molecule has 0 saturated heterocycles. The van der Waals surface area contributed by atoms with Crippen LogP contribution in [-0.4, -0.2) is 17.9 Å². The van der Waals surface area contributed by atoms with E-state index in [4.69, 9.17) is 23.2 Å². The zero-order valence-corrected chi connectivity index (χ0v) is 17.5. The van der Waals surface area contributed by atoms with Gasteiger partial charge in [0.05, 0.1) is 17.3 Å². The van der Waals surface area contributed by atoms with Crippen LogP contribution in [0.4, 0.5) is 14.5 Å². The summed E-state index contributed by atoms with van der Waals surface area (Å²) in [6.07, 6.45) is 1.47. The van der Waals surface area contributed by atoms with E-state index in [1.54, 1.807) is 39.1 Å². The molecule has 3 aromatic rings. The molecule has 1 amide bonds. The maximum atomic E-state index is 13.7. The first-order valence-corrected chi connectivity index (χ1v) is 9.52. The van der Waals surface area contributed by atoms with E-state index in [1.165, 1.54) is 11.1 Å². The average molecular weight is 435 g/mol. The van der Waals surface area contributed by atoms with Gasteiger partial charge in [-0.25, -0.2) is 13.8 Å². The minimum Gasteiger partial charge on any atom is -0.313 e. The third kappa shape index (κ3) is 4.26. The van der Waals surface area contributed by atoms with Crippen LogP contribution in [0, 0.1) is 11.6 Å². The number of likely N-dealkylation sites (N-methyl/N-ethyl adjacent to an activating group) is 1. The van der Waals surface area contributed by atoms with Crippen molar-refractivity contribution < 1.29 is 13.6 Å². The molecule has 0 N–H and O–H groups in total. The fraction of sp³-hybridized carbons (Fsp3) is 0.182. The number of hydrogen-bond donors (Lipinski definition) is 0. The number of aromatic nitrogens is 1. The largest absolute Gasteiger partial charge is 0.313 e. The summed E-state index contributed by atoms with van der Waals surface area (Å²) in [5.74, 6) is -1.86. The van der Waals surface area contributed by atoms with Crippen molar-refractivity contribution in [2.24, 2.45) is 0 Å². The van der Waals surface area contributed by atoms with Crippen molar-refractivity contribution in [2.75, 3.05) is 11.9 Å². The first-order valence-electron chi connectivity index (χ1n) is 8.76. The Hall–Kier alpha value is -2.50. The van der Waals surface area contributed by atoms with Gasteiger partial charge in [-0.1, -0.05) is 41.4 Å². The topological polar surface area (TPSA) is 33.2 Å². The normalized spacial score (nSPS) is 11.4. The number of halogens is 4. The van der Waals surface area contributed by atoms with Crippen LogP contribution in [0.25, 0.3) is 11.1 Å². The second kappa shape index (κ2) is 8.09. The van der Waals surface area contributed by atoms with Crippen LogP contribution in [0.5, 0.6) is 0 Å². The molecular weight excluding hydrogens is 417 g/mol. The van der Waals surface area contributed by atoms with Crippen molar-refractivity contribution in [1.29, 1.82) is 0 Å². The maximum absolute atomic E-state index is 13.7. The molecule has 0 saturated carbocycles. The number of nitrogens with zero attached hydrogens (tertiary/aromatic N) is 2. The predicted molar refractivity (Wildman–Crippen MR) is 112 cm³/mol. The van der Waals surface area contributed by atoms with Gasteiger partial charge < -0.3 is 4.90 Å². The summed E-state index contributed by atoms with van der Waals surface area (Å²) >= 11 is 12.4. The van der Waals surface area contributed by atoms with E-state index in [1.807, 2.05) is 12.1 Å². The van der Waals surface area contributed by atoms with Crippen molar-refractivity contribution >= 4 is 34.8 Å². The second-order valence-corrected chi connectivity index (χ2v) is 7.95. The summed E-state index contributed by atoms with van der Waals surface area (Å²) in [6, 6.07) is 11.9. The molecule has 0 aliphatic heterocycles. The van der Waals surface area contributed by atoms with Crippen molar-refractivity contribution in [3.8, 4) is 11.1 Å². The van der Waals surface area contributed by atoms with Crippen LogP contribution in [-0.2, 0) is 10.2 Å². The minimum absolute atomic E-state index is 0.230. The highest BCUT2D eigenvalue weighted by Crippen LogP contribution is 2.37.